The fourth-order valence-electron chi connectivity index (χ4n) is 3.28. The van der Waals surface area contributed by atoms with E-state index in [-0.39, 0.29) is 5.92 Å². The van der Waals surface area contributed by atoms with E-state index in [0.717, 1.165) is 32.4 Å². The van der Waals surface area contributed by atoms with Crippen molar-refractivity contribution in [1.29, 1.82) is 0 Å². The second-order valence-electron chi connectivity index (χ2n) is 5.59. The molecule has 1 saturated heterocycles. The van der Waals surface area contributed by atoms with Crippen molar-refractivity contribution in [2.24, 2.45) is 5.92 Å². The van der Waals surface area contributed by atoms with Gasteiger partial charge in [0.25, 0.3) is 0 Å². The van der Waals surface area contributed by atoms with E-state index < -0.39 is 0 Å². The fraction of sp³-hybridized carbons (Fsp3) is 0.562. The van der Waals surface area contributed by atoms with E-state index in [1.54, 1.807) is 0 Å². The Balaban J connectivity index is 1.69. The minimum Gasteiger partial charge on any atom is -0.342 e. The van der Waals surface area contributed by atoms with Crippen LogP contribution < -0.4 is 0 Å². The summed E-state index contributed by atoms with van der Waals surface area (Å²) < 4.78 is 0. The number of hydrogen-bond acceptors (Lipinski definition) is 1. The van der Waals surface area contributed by atoms with Crippen LogP contribution in [0.3, 0.4) is 0 Å². The van der Waals surface area contributed by atoms with Gasteiger partial charge in [0.1, 0.15) is 0 Å². The highest BCUT2D eigenvalue weighted by Crippen LogP contribution is 2.27. The van der Waals surface area contributed by atoms with E-state index in [4.69, 9.17) is 0 Å². The van der Waals surface area contributed by atoms with Crippen molar-refractivity contribution in [2.45, 2.75) is 38.5 Å². The number of amides is 1. The number of carbonyl (C=O) groups excluding carboxylic acids is 1. The second kappa shape index (κ2) is 5.13. The Morgan fingerprint density at radius 3 is 2.56 bits per heavy atom. The van der Waals surface area contributed by atoms with E-state index in [0.29, 0.717) is 5.91 Å². The summed E-state index contributed by atoms with van der Waals surface area (Å²) >= 11 is 0. The van der Waals surface area contributed by atoms with Crippen LogP contribution in [0, 0.1) is 5.92 Å². The summed E-state index contributed by atoms with van der Waals surface area (Å²) in [7, 11) is 0. The number of hydrogen-bond donors (Lipinski definition) is 0. The van der Waals surface area contributed by atoms with Gasteiger partial charge in [-0.25, -0.2) is 0 Å². The van der Waals surface area contributed by atoms with Crippen molar-refractivity contribution in [1.82, 2.24) is 4.90 Å². The standard InChI is InChI=1S/C16H21NO/c18-16(17-10-4-1-5-11-17)15-9-8-13-6-2-3-7-14(13)12-15/h2-3,6-7,15H,1,4-5,8-12H2. The van der Waals surface area contributed by atoms with Crippen molar-refractivity contribution in [3.8, 4) is 0 Å². The third-order valence-electron chi connectivity index (χ3n) is 4.36. The molecule has 2 heteroatoms. The van der Waals surface area contributed by atoms with Crippen molar-refractivity contribution in [3.05, 3.63) is 35.4 Å². The van der Waals surface area contributed by atoms with Gasteiger partial charge in [-0.1, -0.05) is 24.3 Å². The Hall–Kier alpha value is -1.31. The molecule has 1 atom stereocenters. The smallest absolute Gasteiger partial charge is 0.226 e. The molecule has 2 nitrogen and oxygen atoms in total. The van der Waals surface area contributed by atoms with E-state index in [1.165, 1.54) is 30.4 Å². The Labute approximate surface area is 109 Å². The first-order valence-electron chi connectivity index (χ1n) is 7.20. The summed E-state index contributed by atoms with van der Waals surface area (Å²) in [5.41, 5.74) is 2.83. The van der Waals surface area contributed by atoms with Gasteiger partial charge in [0.2, 0.25) is 5.91 Å². The lowest BCUT2D eigenvalue weighted by molar-refractivity contribution is -0.136. The predicted molar refractivity (Wildman–Crippen MR) is 72.4 cm³/mol. The van der Waals surface area contributed by atoms with E-state index in [2.05, 4.69) is 29.2 Å². The highest BCUT2D eigenvalue weighted by Gasteiger charge is 2.28. The Bertz CT molecular complexity index is 434. The zero-order valence-corrected chi connectivity index (χ0v) is 10.9. The number of likely N-dealkylation sites (tertiary alicyclic amines) is 1. The molecule has 1 aliphatic carbocycles. The molecule has 3 rings (SSSR count). The molecule has 1 unspecified atom stereocenters. The van der Waals surface area contributed by atoms with Gasteiger partial charge in [-0.15, -0.1) is 0 Å². The summed E-state index contributed by atoms with van der Waals surface area (Å²) in [6.45, 7) is 1.97. The summed E-state index contributed by atoms with van der Waals surface area (Å²) in [6.07, 6.45) is 6.72. The van der Waals surface area contributed by atoms with E-state index >= 15 is 0 Å². The SMILES string of the molecule is O=C(C1CCc2ccccc2C1)N1CCCCC1. The highest BCUT2D eigenvalue weighted by molar-refractivity contribution is 5.79. The average molecular weight is 243 g/mol. The lowest BCUT2D eigenvalue weighted by Crippen LogP contribution is -2.41. The minimum absolute atomic E-state index is 0.234. The van der Waals surface area contributed by atoms with E-state index in [9.17, 15) is 4.79 Å². The molecule has 18 heavy (non-hydrogen) atoms. The topological polar surface area (TPSA) is 20.3 Å². The number of carbonyl (C=O) groups is 1. The van der Waals surface area contributed by atoms with Gasteiger partial charge < -0.3 is 4.90 Å². The normalized spacial score (nSPS) is 23.6. The number of benzene rings is 1. The highest BCUT2D eigenvalue weighted by atomic mass is 16.2. The Morgan fingerprint density at radius 2 is 1.78 bits per heavy atom. The molecule has 96 valence electrons. The average Bonchev–Trinajstić information content (AvgIpc) is 2.47. The van der Waals surface area contributed by atoms with Gasteiger partial charge in [0.15, 0.2) is 0 Å². The molecule has 0 bridgehead atoms. The first kappa shape index (κ1) is 11.8. The van der Waals surface area contributed by atoms with Crippen molar-refractivity contribution in [3.63, 3.8) is 0 Å². The molecule has 0 spiro atoms. The van der Waals surface area contributed by atoms with Gasteiger partial charge >= 0.3 is 0 Å². The summed E-state index contributed by atoms with van der Waals surface area (Å²) in [5.74, 6) is 0.641. The molecule has 1 heterocycles. The zero-order chi connectivity index (χ0) is 12.4. The molecule has 2 aliphatic rings. The second-order valence-corrected chi connectivity index (χ2v) is 5.59. The molecule has 1 aliphatic heterocycles. The fourth-order valence-corrected chi connectivity index (χ4v) is 3.28. The summed E-state index contributed by atoms with van der Waals surface area (Å²) in [5, 5.41) is 0. The molecule has 0 N–H and O–H groups in total. The maximum Gasteiger partial charge on any atom is 0.226 e. The van der Waals surface area contributed by atoms with Crippen molar-refractivity contribution in [2.75, 3.05) is 13.1 Å². The Morgan fingerprint density at radius 1 is 1.06 bits per heavy atom. The third-order valence-corrected chi connectivity index (χ3v) is 4.36. The largest absolute Gasteiger partial charge is 0.342 e. The van der Waals surface area contributed by atoms with Crippen LogP contribution in [-0.2, 0) is 17.6 Å². The molecule has 1 aromatic carbocycles. The van der Waals surface area contributed by atoms with Crippen molar-refractivity contribution >= 4 is 5.91 Å². The monoisotopic (exact) mass is 243 g/mol. The first-order chi connectivity index (χ1) is 8.84. The lowest BCUT2D eigenvalue weighted by atomic mass is 9.83. The van der Waals surface area contributed by atoms with Crippen LogP contribution in [0.4, 0.5) is 0 Å². The van der Waals surface area contributed by atoms with Gasteiger partial charge in [-0.2, -0.15) is 0 Å². The molecule has 1 fully saturated rings. The number of fused-ring (bicyclic) bond motifs is 1. The van der Waals surface area contributed by atoms with Crippen LogP contribution in [-0.4, -0.2) is 23.9 Å². The van der Waals surface area contributed by atoms with Gasteiger partial charge in [0.05, 0.1) is 0 Å². The summed E-state index contributed by atoms with van der Waals surface area (Å²) in [4.78, 5) is 14.6. The molecule has 0 saturated carbocycles. The molecular formula is C16H21NO. The molecule has 0 aromatic heterocycles. The maximum absolute atomic E-state index is 12.5. The molecule has 1 amide bonds. The molecule has 1 aromatic rings. The van der Waals surface area contributed by atoms with Crippen LogP contribution in [0.2, 0.25) is 0 Å². The Kier molecular flexibility index (Phi) is 3.35. The van der Waals surface area contributed by atoms with E-state index in [1.807, 2.05) is 0 Å². The minimum atomic E-state index is 0.234. The van der Waals surface area contributed by atoms with Crippen LogP contribution in [0.1, 0.15) is 36.8 Å². The number of piperidine rings is 1. The molecule has 0 radical (unpaired) electrons. The van der Waals surface area contributed by atoms with Crippen LogP contribution >= 0.6 is 0 Å². The number of aryl methyl sites for hydroxylation is 1. The quantitative estimate of drug-likeness (QED) is 0.742. The maximum atomic E-state index is 12.5. The van der Waals surface area contributed by atoms with Crippen molar-refractivity contribution < 1.29 is 4.79 Å². The predicted octanol–water partition coefficient (Wildman–Crippen LogP) is 2.80. The van der Waals surface area contributed by atoms with Gasteiger partial charge in [-0.05, 0) is 49.7 Å². The van der Waals surface area contributed by atoms with Crippen LogP contribution in [0.25, 0.3) is 0 Å². The lowest BCUT2D eigenvalue weighted by Gasteiger charge is -2.32. The van der Waals surface area contributed by atoms with Crippen LogP contribution in [0.5, 0.6) is 0 Å². The third kappa shape index (κ3) is 2.29. The first-order valence-corrected chi connectivity index (χ1v) is 7.20. The van der Waals surface area contributed by atoms with Crippen LogP contribution in [0.15, 0.2) is 24.3 Å². The van der Waals surface area contributed by atoms with Gasteiger partial charge in [0, 0.05) is 19.0 Å². The molecular weight excluding hydrogens is 222 g/mol. The number of rotatable bonds is 1. The zero-order valence-electron chi connectivity index (χ0n) is 10.9. The summed E-state index contributed by atoms with van der Waals surface area (Å²) in [6, 6.07) is 8.58. The number of nitrogens with zero attached hydrogens (tertiary/aromatic N) is 1. The van der Waals surface area contributed by atoms with Gasteiger partial charge in [-0.3, -0.25) is 4.79 Å².